The van der Waals surface area contributed by atoms with Gasteiger partial charge in [-0.3, -0.25) is 4.79 Å². The molecule has 1 aromatic rings. The summed E-state index contributed by atoms with van der Waals surface area (Å²) in [5.74, 6) is 2.63. The third-order valence-corrected chi connectivity index (χ3v) is 3.33. The van der Waals surface area contributed by atoms with Crippen molar-refractivity contribution < 1.29 is 4.79 Å². The highest BCUT2D eigenvalue weighted by Gasteiger charge is 2.11. The van der Waals surface area contributed by atoms with Crippen LogP contribution >= 0.6 is 11.8 Å². The lowest BCUT2D eigenvalue weighted by Gasteiger charge is -2.08. The molecule has 0 aromatic carbocycles. The fraction of sp³-hybridized carbons (Fsp3) is 0.727. The Hall–Kier alpha value is -0.840. The quantitative estimate of drug-likeness (QED) is 0.686. The highest BCUT2D eigenvalue weighted by Crippen LogP contribution is 2.08. The van der Waals surface area contributed by atoms with Crippen LogP contribution in [0.4, 0.5) is 0 Å². The van der Waals surface area contributed by atoms with Crippen LogP contribution in [0.2, 0.25) is 0 Å². The van der Waals surface area contributed by atoms with Gasteiger partial charge in [0, 0.05) is 6.04 Å². The molecule has 0 unspecified atom stereocenters. The van der Waals surface area contributed by atoms with Gasteiger partial charge in [-0.15, -0.1) is 0 Å². The third-order valence-electron chi connectivity index (χ3n) is 2.10. The summed E-state index contributed by atoms with van der Waals surface area (Å²) < 4.78 is 1.81. The van der Waals surface area contributed by atoms with Crippen LogP contribution in [0.15, 0.2) is 6.33 Å². The Morgan fingerprint density at radius 1 is 1.56 bits per heavy atom. The summed E-state index contributed by atoms with van der Waals surface area (Å²) in [6.07, 6.45) is 3.02. The van der Waals surface area contributed by atoms with Gasteiger partial charge in [-0.25, -0.2) is 9.67 Å². The van der Waals surface area contributed by atoms with Crippen LogP contribution < -0.4 is 0 Å². The zero-order valence-corrected chi connectivity index (χ0v) is 11.0. The number of carbonyl (C=O) groups excluding carboxylic acids is 1. The normalized spacial score (nSPS) is 11.0. The number of aromatic nitrogens is 3. The van der Waals surface area contributed by atoms with Gasteiger partial charge in [-0.1, -0.05) is 6.92 Å². The summed E-state index contributed by atoms with van der Waals surface area (Å²) in [6, 6.07) is 0.258. The highest BCUT2D eigenvalue weighted by atomic mass is 32.2. The zero-order chi connectivity index (χ0) is 12.0. The van der Waals surface area contributed by atoms with Crippen LogP contribution in [0, 0.1) is 0 Å². The van der Waals surface area contributed by atoms with Gasteiger partial charge in [0.05, 0.1) is 12.2 Å². The van der Waals surface area contributed by atoms with Crippen LogP contribution in [0.1, 0.15) is 39.1 Å². The molecule has 0 spiro atoms. The number of Topliss-reactive ketones (excluding diaryl/α,β-unsaturated/α-hetero) is 1. The lowest BCUT2D eigenvalue weighted by molar-refractivity contribution is -0.116. The Morgan fingerprint density at radius 3 is 2.94 bits per heavy atom. The van der Waals surface area contributed by atoms with Crippen molar-refractivity contribution in [3.8, 4) is 0 Å². The van der Waals surface area contributed by atoms with Crippen LogP contribution in [0.3, 0.4) is 0 Å². The predicted octanol–water partition coefficient (Wildman–Crippen LogP) is 2.11. The van der Waals surface area contributed by atoms with E-state index in [1.165, 1.54) is 6.33 Å². The molecule has 0 bridgehead atoms. The smallest absolute Gasteiger partial charge is 0.150 e. The molecule has 90 valence electrons. The minimum absolute atomic E-state index is 0.230. The molecule has 0 aliphatic carbocycles. The summed E-state index contributed by atoms with van der Waals surface area (Å²) in [4.78, 5) is 15.8. The van der Waals surface area contributed by atoms with Crippen LogP contribution in [0.25, 0.3) is 0 Å². The van der Waals surface area contributed by atoms with Crippen LogP contribution in [-0.4, -0.2) is 32.1 Å². The maximum atomic E-state index is 11.7. The van der Waals surface area contributed by atoms with Crippen molar-refractivity contribution in [2.24, 2.45) is 0 Å². The molecule has 4 nitrogen and oxygen atoms in total. The topological polar surface area (TPSA) is 47.8 Å². The molecular formula is C11H19N3OS. The predicted molar refractivity (Wildman–Crippen MR) is 66.7 cm³/mol. The van der Waals surface area contributed by atoms with E-state index in [1.807, 2.05) is 18.5 Å². The molecule has 16 heavy (non-hydrogen) atoms. The number of hydrogen-bond donors (Lipinski definition) is 0. The van der Waals surface area contributed by atoms with E-state index in [2.05, 4.69) is 17.0 Å². The van der Waals surface area contributed by atoms with Crippen molar-refractivity contribution in [3.05, 3.63) is 12.2 Å². The van der Waals surface area contributed by atoms with E-state index in [1.54, 1.807) is 11.8 Å². The van der Waals surface area contributed by atoms with Crippen LogP contribution in [0.5, 0.6) is 0 Å². The number of ketones is 1. The summed E-state index contributed by atoms with van der Waals surface area (Å²) >= 11 is 1.69. The highest BCUT2D eigenvalue weighted by molar-refractivity contribution is 7.99. The Labute approximate surface area is 101 Å². The van der Waals surface area contributed by atoms with Crippen LogP contribution in [-0.2, 0) is 11.2 Å². The standard InChI is InChI=1S/C11H19N3OS/c1-4-5-16-7-10(15)6-11-12-8-13-14(11)9(2)3/h8-9H,4-7H2,1-3H3. The summed E-state index contributed by atoms with van der Waals surface area (Å²) in [5, 5.41) is 4.11. The summed E-state index contributed by atoms with van der Waals surface area (Å²) in [5.41, 5.74) is 0. The Kier molecular flexibility index (Phi) is 5.52. The second kappa shape index (κ2) is 6.68. The molecule has 0 radical (unpaired) electrons. The van der Waals surface area contributed by atoms with Gasteiger partial charge in [-0.05, 0) is 26.0 Å². The molecular weight excluding hydrogens is 222 g/mol. The maximum absolute atomic E-state index is 11.7. The molecule has 1 heterocycles. The van der Waals surface area contributed by atoms with E-state index < -0.39 is 0 Å². The minimum atomic E-state index is 0.230. The Bertz CT molecular complexity index is 336. The van der Waals surface area contributed by atoms with Gasteiger partial charge < -0.3 is 0 Å². The van der Waals surface area contributed by atoms with Crippen molar-refractivity contribution in [3.63, 3.8) is 0 Å². The second-order valence-electron chi connectivity index (χ2n) is 3.98. The van der Waals surface area contributed by atoms with Gasteiger partial charge in [0.25, 0.3) is 0 Å². The van der Waals surface area contributed by atoms with Crippen molar-refractivity contribution in [2.45, 2.75) is 39.7 Å². The summed E-state index contributed by atoms with van der Waals surface area (Å²) in [6.45, 7) is 6.19. The van der Waals surface area contributed by atoms with Crippen molar-refractivity contribution >= 4 is 17.5 Å². The maximum Gasteiger partial charge on any atom is 0.150 e. The first-order valence-electron chi connectivity index (χ1n) is 5.63. The zero-order valence-electron chi connectivity index (χ0n) is 10.1. The number of hydrogen-bond acceptors (Lipinski definition) is 4. The minimum Gasteiger partial charge on any atom is -0.298 e. The first-order valence-corrected chi connectivity index (χ1v) is 6.78. The number of carbonyl (C=O) groups is 1. The molecule has 1 aromatic heterocycles. The number of nitrogens with zero attached hydrogens (tertiary/aromatic N) is 3. The van der Waals surface area contributed by atoms with Gasteiger partial charge >= 0.3 is 0 Å². The molecule has 0 N–H and O–H groups in total. The van der Waals surface area contributed by atoms with Gasteiger partial charge in [0.15, 0.2) is 0 Å². The van der Waals surface area contributed by atoms with Gasteiger partial charge in [0.1, 0.15) is 17.9 Å². The molecule has 1 rings (SSSR count). The van der Waals surface area contributed by atoms with Crippen molar-refractivity contribution in [1.29, 1.82) is 0 Å². The van der Waals surface area contributed by atoms with E-state index in [0.717, 1.165) is 18.0 Å². The Balaban J connectivity index is 2.46. The molecule has 0 saturated carbocycles. The molecule has 0 amide bonds. The van der Waals surface area contributed by atoms with Crippen molar-refractivity contribution in [1.82, 2.24) is 14.8 Å². The monoisotopic (exact) mass is 241 g/mol. The first-order chi connectivity index (χ1) is 7.65. The van der Waals surface area contributed by atoms with Gasteiger partial charge in [0.2, 0.25) is 0 Å². The average Bonchev–Trinajstić information content (AvgIpc) is 2.66. The van der Waals surface area contributed by atoms with E-state index >= 15 is 0 Å². The lowest BCUT2D eigenvalue weighted by Crippen LogP contribution is -2.14. The molecule has 0 atom stereocenters. The van der Waals surface area contributed by atoms with Crippen molar-refractivity contribution in [2.75, 3.05) is 11.5 Å². The fourth-order valence-electron chi connectivity index (χ4n) is 1.39. The average molecular weight is 241 g/mol. The Morgan fingerprint density at radius 2 is 2.31 bits per heavy atom. The SMILES string of the molecule is CCCSCC(=O)Cc1ncnn1C(C)C. The molecule has 0 saturated heterocycles. The van der Waals surface area contributed by atoms with E-state index in [0.29, 0.717) is 12.2 Å². The van der Waals surface area contributed by atoms with Gasteiger partial charge in [-0.2, -0.15) is 16.9 Å². The third kappa shape index (κ3) is 3.96. The second-order valence-corrected chi connectivity index (χ2v) is 5.09. The fourth-order valence-corrected chi connectivity index (χ4v) is 2.15. The number of rotatable bonds is 7. The molecule has 0 fully saturated rings. The lowest BCUT2D eigenvalue weighted by atomic mass is 10.3. The van der Waals surface area contributed by atoms with E-state index in [-0.39, 0.29) is 11.8 Å². The molecule has 5 heteroatoms. The molecule has 0 aliphatic rings. The largest absolute Gasteiger partial charge is 0.298 e. The van der Waals surface area contributed by atoms with E-state index in [4.69, 9.17) is 0 Å². The van der Waals surface area contributed by atoms with E-state index in [9.17, 15) is 4.79 Å². The number of thioether (sulfide) groups is 1. The first kappa shape index (κ1) is 13.2. The molecule has 0 aliphatic heterocycles. The summed E-state index contributed by atoms with van der Waals surface area (Å²) in [7, 11) is 0.